The van der Waals surface area contributed by atoms with E-state index in [0.29, 0.717) is 16.6 Å². The lowest BCUT2D eigenvalue weighted by Crippen LogP contribution is -2.43. The largest absolute Gasteiger partial charge is 0.207 e. The zero-order valence-corrected chi connectivity index (χ0v) is 26.8. The van der Waals surface area contributed by atoms with E-state index in [-0.39, 0.29) is 5.82 Å². The van der Waals surface area contributed by atoms with Gasteiger partial charge in [0.2, 0.25) is 0 Å². The predicted octanol–water partition coefficient (Wildman–Crippen LogP) is 11.4. The van der Waals surface area contributed by atoms with Crippen LogP contribution in [0.5, 0.6) is 0 Å². The highest BCUT2D eigenvalue weighted by atomic mass is 28.3. The van der Waals surface area contributed by atoms with Crippen molar-refractivity contribution in [1.82, 2.24) is 0 Å². The minimum atomic E-state index is -1.99. The van der Waals surface area contributed by atoms with Crippen LogP contribution in [0.3, 0.4) is 0 Å². The van der Waals surface area contributed by atoms with Crippen LogP contribution in [0.15, 0.2) is 97.1 Å². The van der Waals surface area contributed by atoms with Gasteiger partial charge in [0, 0.05) is 16.7 Å². The first kappa shape index (κ1) is 28.7. The van der Waals surface area contributed by atoms with Crippen LogP contribution in [0.2, 0.25) is 16.6 Å². The molecule has 6 rings (SSSR count). The lowest BCUT2D eigenvalue weighted by atomic mass is 9.89. The molecule has 0 N–H and O–H groups in total. The van der Waals surface area contributed by atoms with E-state index in [1.165, 1.54) is 33.7 Å². The predicted molar refractivity (Wildman–Crippen MR) is 187 cm³/mol. The lowest BCUT2D eigenvalue weighted by molar-refractivity contribution is 0.627. The second kappa shape index (κ2) is 11.4. The highest BCUT2D eigenvalue weighted by Gasteiger charge is 2.41. The number of benzene rings is 6. The van der Waals surface area contributed by atoms with E-state index in [1.54, 1.807) is 12.1 Å². The minimum Gasteiger partial charge on any atom is -0.207 e. The minimum absolute atomic E-state index is 0.258. The zero-order valence-electron chi connectivity index (χ0n) is 25.8. The standard InChI is InChI=1S/C41H37FSi/c1-27(2)43(28(3)4,29(5)6)22-21-37-40-25-33-13-9-7-11-31(33)23-38(40)36(20-17-30-15-18-35(42)19-16-30)39-24-32-12-8-10-14-34(32)26-41(37)39/h7-16,18-19,23-29H,1-6H3. The summed E-state index contributed by atoms with van der Waals surface area (Å²) in [5.74, 6) is 10.5. The van der Waals surface area contributed by atoms with E-state index >= 15 is 0 Å². The molecule has 43 heavy (non-hydrogen) atoms. The van der Waals surface area contributed by atoms with Gasteiger partial charge >= 0.3 is 0 Å². The summed E-state index contributed by atoms with van der Waals surface area (Å²) in [5.41, 5.74) is 8.51. The topological polar surface area (TPSA) is 0 Å². The van der Waals surface area contributed by atoms with Gasteiger partial charge in [-0.05, 0) is 108 Å². The van der Waals surface area contributed by atoms with Crippen molar-refractivity contribution in [3.63, 3.8) is 0 Å². The van der Waals surface area contributed by atoms with E-state index < -0.39 is 8.07 Å². The Morgan fingerprint density at radius 1 is 0.488 bits per heavy atom. The molecule has 212 valence electrons. The molecule has 6 aromatic rings. The molecule has 0 aliphatic heterocycles. The third-order valence-corrected chi connectivity index (χ3v) is 15.6. The number of hydrogen-bond donors (Lipinski definition) is 0. The molecule has 0 unspecified atom stereocenters. The first-order valence-corrected chi connectivity index (χ1v) is 17.5. The summed E-state index contributed by atoms with van der Waals surface area (Å²) in [6, 6.07) is 32.6. The van der Waals surface area contributed by atoms with E-state index in [9.17, 15) is 4.39 Å². The van der Waals surface area contributed by atoms with E-state index in [0.717, 1.165) is 38.2 Å². The van der Waals surface area contributed by atoms with Crippen LogP contribution in [-0.4, -0.2) is 8.07 Å². The van der Waals surface area contributed by atoms with Gasteiger partial charge in [0.25, 0.3) is 0 Å². The van der Waals surface area contributed by atoms with Gasteiger partial charge < -0.3 is 0 Å². The number of rotatable bonds is 3. The quantitative estimate of drug-likeness (QED) is 0.112. The van der Waals surface area contributed by atoms with Gasteiger partial charge in [0.05, 0.1) is 0 Å². The first-order valence-electron chi connectivity index (χ1n) is 15.3. The molecule has 0 spiro atoms. The Morgan fingerprint density at radius 3 is 1.23 bits per heavy atom. The fourth-order valence-electron chi connectivity index (χ4n) is 7.14. The fraction of sp³-hybridized carbons (Fsp3) is 0.220. The molecule has 0 fully saturated rings. The van der Waals surface area contributed by atoms with Gasteiger partial charge in [-0.15, -0.1) is 5.54 Å². The fourth-order valence-corrected chi connectivity index (χ4v) is 12.3. The van der Waals surface area contributed by atoms with Gasteiger partial charge in [-0.25, -0.2) is 4.39 Å². The molecule has 6 aromatic carbocycles. The number of halogens is 1. The molecule has 0 radical (unpaired) electrons. The van der Waals surface area contributed by atoms with Crippen molar-refractivity contribution in [2.24, 2.45) is 0 Å². The summed E-state index contributed by atoms with van der Waals surface area (Å²) in [7, 11) is -1.99. The van der Waals surface area contributed by atoms with Gasteiger partial charge in [-0.2, -0.15) is 0 Å². The second-order valence-electron chi connectivity index (χ2n) is 12.6. The van der Waals surface area contributed by atoms with Crippen LogP contribution in [-0.2, 0) is 0 Å². The molecule has 0 bridgehead atoms. The van der Waals surface area contributed by atoms with Crippen LogP contribution in [0.1, 0.15) is 58.2 Å². The molecular weight excluding hydrogens is 540 g/mol. The van der Waals surface area contributed by atoms with E-state index in [2.05, 4.69) is 138 Å². The Hall–Kier alpha value is -4.37. The van der Waals surface area contributed by atoms with Crippen LogP contribution >= 0.6 is 0 Å². The van der Waals surface area contributed by atoms with Crippen molar-refractivity contribution >= 4 is 51.2 Å². The Labute approximate surface area is 256 Å². The molecule has 0 aromatic heterocycles. The maximum atomic E-state index is 13.7. The maximum Gasteiger partial charge on any atom is 0.146 e. The normalized spacial score (nSPS) is 11.9. The third kappa shape index (κ3) is 5.12. The van der Waals surface area contributed by atoms with Crippen LogP contribution in [0.4, 0.5) is 4.39 Å². The van der Waals surface area contributed by atoms with Crippen LogP contribution < -0.4 is 0 Å². The van der Waals surface area contributed by atoms with Crippen molar-refractivity contribution in [3.05, 3.63) is 120 Å². The summed E-state index contributed by atoms with van der Waals surface area (Å²) in [5, 5.41) is 9.21. The molecule has 0 atom stereocenters. The number of hydrogen-bond acceptors (Lipinski definition) is 0. The monoisotopic (exact) mass is 576 g/mol. The molecule has 0 saturated carbocycles. The van der Waals surface area contributed by atoms with Crippen molar-refractivity contribution < 1.29 is 4.39 Å². The Kier molecular flexibility index (Phi) is 7.60. The SMILES string of the molecule is CC(C)[Si](C#Cc1c2cc3ccccc3cc2c(C#Cc2ccc(F)cc2)c2cc3ccccc3cc12)(C(C)C)C(C)C. The summed E-state index contributed by atoms with van der Waals surface area (Å²) in [6.45, 7) is 14.2. The zero-order chi connectivity index (χ0) is 30.3. The molecule has 0 nitrogen and oxygen atoms in total. The van der Waals surface area contributed by atoms with E-state index in [4.69, 9.17) is 0 Å². The van der Waals surface area contributed by atoms with Gasteiger partial charge in [-0.3, -0.25) is 0 Å². The Balaban J connectivity index is 1.78. The average Bonchev–Trinajstić information content (AvgIpc) is 2.99. The summed E-state index contributed by atoms with van der Waals surface area (Å²) < 4.78 is 13.7. The molecule has 0 heterocycles. The molecule has 0 amide bonds. The van der Waals surface area contributed by atoms with Crippen LogP contribution in [0.25, 0.3) is 43.1 Å². The van der Waals surface area contributed by atoms with E-state index in [1.807, 2.05) is 0 Å². The van der Waals surface area contributed by atoms with Crippen molar-refractivity contribution in [3.8, 4) is 23.3 Å². The number of fused-ring (bicyclic) bond motifs is 4. The Bertz CT molecular complexity index is 2010. The van der Waals surface area contributed by atoms with Gasteiger partial charge in [-0.1, -0.05) is 108 Å². The van der Waals surface area contributed by atoms with Crippen molar-refractivity contribution in [1.29, 1.82) is 0 Å². The molecular formula is C41H37FSi. The lowest BCUT2D eigenvalue weighted by Gasteiger charge is -2.38. The first-order chi connectivity index (χ1) is 20.7. The highest BCUT2D eigenvalue weighted by Crippen LogP contribution is 2.42. The summed E-state index contributed by atoms with van der Waals surface area (Å²) in [6.07, 6.45) is 0. The highest BCUT2D eigenvalue weighted by molar-refractivity contribution is 6.90. The molecule has 0 aliphatic rings. The average molecular weight is 577 g/mol. The summed E-state index contributed by atoms with van der Waals surface area (Å²) >= 11 is 0. The second-order valence-corrected chi connectivity index (χ2v) is 18.2. The van der Waals surface area contributed by atoms with Gasteiger partial charge in [0.15, 0.2) is 0 Å². The van der Waals surface area contributed by atoms with Crippen LogP contribution in [0, 0.1) is 29.1 Å². The van der Waals surface area contributed by atoms with Crippen molar-refractivity contribution in [2.75, 3.05) is 0 Å². The third-order valence-electron chi connectivity index (χ3n) is 9.30. The maximum absolute atomic E-state index is 13.7. The molecule has 0 saturated heterocycles. The molecule has 0 aliphatic carbocycles. The Morgan fingerprint density at radius 2 is 0.860 bits per heavy atom. The smallest absolute Gasteiger partial charge is 0.146 e. The molecule has 2 heteroatoms. The van der Waals surface area contributed by atoms with Crippen molar-refractivity contribution in [2.45, 2.75) is 58.2 Å². The van der Waals surface area contributed by atoms with Gasteiger partial charge in [0.1, 0.15) is 13.9 Å². The summed E-state index contributed by atoms with van der Waals surface area (Å²) in [4.78, 5) is 0.